The molecule has 1 atom stereocenters. The van der Waals surface area contributed by atoms with Crippen molar-refractivity contribution in [3.63, 3.8) is 0 Å². The first-order valence-electron chi connectivity index (χ1n) is 8.34. The molecule has 3 rings (SSSR count). The Morgan fingerprint density at radius 1 is 1.19 bits per heavy atom. The number of aliphatic hydroxyl groups excluding tert-OH is 1. The van der Waals surface area contributed by atoms with Crippen LogP contribution in [0.4, 0.5) is 0 Å². The number of rotatable bonds is 5. The van der Waals surface area contributed by atoms with Gasteiger partial charge < -0.3 is 15.2 Å². The Morgan fingerprint density at radius 2 is 2.00 bits per heavy atom. The number of nitrogens with one attached hydrogen (secondary N) is 1. The predicted molar refractivity (Wildman–Crippen MR) is 84.3 cm³/mol. The fourth-order valence-corrected chi connectivity index (χ4v) is 3.81. The molecule has 0 bridgehead atoms. The minimum Gasteiger partial charge on any atom is -0.396 e. The molecule has 0 aromatic heterocycles. The molecule has 2 N–H and O–H groups in total. The SMILES string of the molecule is OCC1(CNCC2OCCc3ccccc32)CCCCC1. The van der Waals surface area contributed by atoms with Crippen molar-refractivity contribution in [2.45, 2.75) is 44.6 Å². The average molecular weight is 289 g/mol. The molecule has 1 aromatic rings. The smallest absolute Gasteiger partial charge is 0.0952 e. The third-order valence-electron chi connectivity index (χ3n) is 5.17. The van der Waals surface area contributed by atoms with Crippen LogP contribution in [0.5, 0.6) is 0 Å². The van der Waals surface area contributed by atoms with Crippen molar-refractivity contribution in [1.82, 2.24) is 5.32 Å². The van der Waals surface area contributed by atoms with Crippen molar-refractivity contribution < 1.29 is 9.84 Å². The van der Waals surface area contributed by atoms with Gasteiger partial charge in [-0.1, -0.05) is 43.5 Å². The van der Waals surface area contributed by atoms with E-state index >= 15 is 0 Å². The predicted octanol–water partition coefficient (Wildman–Crippen LogP) is 2.83. The van der Waals surface area contributed by atoms with Crippen LogP contribution in [0, 0.1) is 5.41 Å². The quantitative estimate of drug-likeness (QED) is 0.876. The van der Waals surface area contributed by atoms with Crippen LogP contribution >= 0.6 is 0 Å². The van der Waals surface area contributed by atoms with Gasteiger partial charge in [-0.25, -0.2) is 0 Å². The number of fused-ring (bicyclic) bond motifs is 1. The second-order valence-electron chi connectivity index (χ2n) is 6.66. The summed E-state index contributed by atoms with van der Waals surface area (Å²) < 4.78 is 5.94. The average Bonchev–Trinajstić information content (AvgIpc) is 2.56. The minimum absolute atomic E-state index is 0.104. The molecule has 1 fully saturated rings. The van der Waals surface area contributed by atoms with E-state index in [1.807, 2.05) is 0 Å². The maximum Gasteiger partial charge on any atom is 0.0952 e. The summed E-state index contributed by atoms with van der Waals surface area (Å²) in [6.45, 7) is 2.88. The fraction of sp³-hybridized carbons (Fsp3) is 0.667. The van der Waals surface area contributed by atoms with Gasteiger partial charge in [0.2, 0.25) is 0 Å². The Morgan fingerprint density at radius 3 is 2.81 bits per heavy atom. The second kappa shape index (κ2) is 6.91. The number of aliphatic hydroxyl groups is 1. The van der Waals surface area contributed by atoms with Crippen LogP contribution in [-0.4, -0.2) is 31.4 Å². The minimum atomic E-state index is 0.104. The van der Waals surface area contributed by atoms with Gasteiger partial charge >= 0.3 is 0 Å². The van der Waals surface area contributed by atoms with Crippen LogP contribution in [0.1, 0.15) is 49.3 Å². The molecule has 1 aliphatic heterocycles. The van der Waals surface area contributed by atoms with E-state index in [-0.39, 0.29) is 11.5 Å². The molecule has 0 radical (unpaired) electrons. The first-order valence-corrected chi connectivity index (χ1v) is 8.34. The Bertz CT molecular complexity index is 454. The maximum absolute atomic E-state index is 9.77. The Kier molecular flexibility index (Phi) is 4.94. The molecule has 1 aromatic carbocycles. The van der Waals surface area contributed by atoms with Crippen LogP contribution in [0.15, 0.2) is 24.3 Å². The highest BCUT2D eigenvalue weighted by Crippen LogP contribution is 2.35. The number of benzene rings is 1. The van der Waals surface area contributed by atoms with Crippen LogP contribution in [0.25, 0.3) is 0 Å². The Balaban J connectivity index is 1.56. The summed E-state index contributed by atoms with van der Waals surface area (Å²) in [5.41, 5.74) is 2.86. The van der Waals surface area contributed by atoms with Gasteiger partial charge in [0.1, 0.15) is 0 Å². The van der Waals surface area contributed by atoms with Gasteiger partial charge in [-0.15, -0.1) is 0 Å². The van der Waals surface area contributed by atoms with Crippen molar-refractivity contribution >= 4 is 0 Å². The number of ether oxygens (including phenoxy) is 1. The van der Waals surface area contributed by atoms with Gasteiger partial charge in [-0.2, -0.15) is 0 Å². The van der Waals surface area contributed by atoms with Crippen molar-refractivity contribution in [1.29, 1.82) is 0 Å². The maximum atomic E-state index is 9.77. The van der Waals surface area contributed by atoms with Crippen LogP contribution < -0.4 is 5.32 Å². The standard InChI is InChI=1S/C18H27NO2/c20-14-18(9-4-1-5-10-18)13-19-12-17-16-7-3-2-6-15(16)8-11-21-17/h2-3,6-7,17,19-20H,1,4-5,8-14H2. The zero-order valence-corrected chi connectivity index (χ0v) is 12.8. The van der Waals surface area contributed by atoms with Crippen LogP contribution in [-0.2, 0) is 11.2 Å². The van der Waals surface area contributed by atoms with Gasteiger partial charge in [0.05, 0.1) is 12.7 Å². The van der Waals surface area contributed by atoms with Crippen LogP contribution in [0.3, 0.4) is 0 Å². The highest BCUT2D eigenvalue weighted by Gasteiger charge is 2.31. The van der Waals surface area contributed by atoms with Gasteiger partial charge in [-0.05, 0) is 30.4 Å². The molecule has 0 saturated heterocycles. The molecular formula is C18H27NO2. The molecule has 21 heavy (non-hydrogen) atoms. The highest BCUT2D eigenvalue weighted by atomic mass is 16.5. The van der Waals surface area contributed by atoms with Gasteiger partial charge in [0, 0.05) is 25.1 Å². The van der Waals surface area contributed by atoms with Crippen molar-refractivity contribution in [2.24, 2.45) is 5.41 Å². The van der Waals surface area contributed by atoms with E-state index in [4.69, 9.17) is 4.74 Å². The first kappa shape index (κ1) is 15.0. The van der Waals surface area contributed by atoms with Crippen molar-refractivity contribution in [3.05, 3.63) is 35.4 Å². The van der Waals surface area contributed by atoms with Gasteiger partial charge in [0.25, 0.3) is 0 Å². The van der Waals surface area contributed by atoms with E-state index in [1.165, 1.54) is 30.4 Å². The van der Waals surface area contributed by atoms with E-state index in [2.05, 4.69) is 29.6 Å². The van der Waals surface area contributed by atoms with Crippen molar-refractivity contribution in [3.8, 4) is 0 Å². The topological polar surface area (TPSA) is 41.5 Å². The molecule has 1 saturated carbocycles. The lowest BCUT2D eigenvalue weighted by Gasteiger charge is -2.36. The molecule has 3 heteroatoms. The summed E-state index contributed by atoms with van der Waals surface area (Å²) in [6.07, 6.45) is 7.32. The Labute approximate surface area is 127 Å². The zero-order valence-electron chi connectivity index (χ0n) is 12.8. The summed E-state index contributed by atoms with van der Waals surface area (Å²) in [5, 5.41) is 13.3. The molecule has 1 heterocycles. The first-order chi connectivity index (χ1) is 10.3. The summed E-state index contributed by atoms with van der Waals surface area (Å²) in [6, 6.07) is 8.60. The highest BCUT2D eigenvalue weighted by molar-refractivity contribution is 5.31. The molecule has 3 nitrogen and oxygen atoms in total. The largest absolute Gasteiger partial charge is 0.396 e. The summed E-state index contributed by atoms with van der Waals surface area (Å²) >= 11 is 0. The monoisotopic (exact) mass is 289 g/mol. The molecule has 0 amide bonds. The zero-order chi connectivity index (χ0) is 14.5. The van der Waals surface area contributed by atoms with E-state index in [0.29, 0.717) is 6.61 Å². The normalized spacial score (nSPS) is 24.5. The van der Waals surface area contributed by atoms with Gasteiger partial charge in [0.15, 0.2) is 0 Å². The lowest BCUT2D eigenvalue weighted by molar-refractivity contribution is 0.0337. The number of hydrogen-bond donors (Lipinski definition) is 2. The number of hydrogen-bond acceptors (Lipinski definition) is 3. The molecule has 2 aliphatic rings. The molecular weight excluding hydrogens is 262 g/mol. The molecule has 0 spiro atoms. The molecule has 116 valence electrons. The third-order valence-corrected chi connectivity index (χ3v) is 5.17. The van der Waals surface area contributed by atoms with E-state index < -0.39 is 0 Å². The summed E-state index contributed by atoms with van der Waals surface area (Å²) in [7, 11) is 0. The fourth-order valence-electron chi connectivity index (χ4n) is 3.81. The van der Waals surface area contributed by atoms with E-state index in [1.54, 1.807) is 0 Å². The second-order valence-corrected chi connectivity index (χ2v) is 6.66. The molecule has 1 aliphatic carbocycles. The summed E-state index contributed by atoms with van der Waals surface area (Å²) in [5.74, 6) is 0. The lowest BCUT2D eigenvalue weighted by atomic mass is 9.74. The third kappa shape index (κ3) is 3.47. The van der Waals surface area contributed by atoms with Crippen molar-refractivity contribution in [2.75, 3.05) is 26.3 Å². The van der Waals surface area contributed by atoms with E-state index in [0.717, 1.165) is 39.0 Å². The van der Waals surface area contributed by atoms with E-state index in [9.17, 15) is 5.11 Å². The summed E-state index contributed by atoms with van der Waals surface area (Å²) in [4.78, 5) is 0. The Hall–Kier alpha value is -0.900. The lowest BCUT2D eigenvalue weighted by Crippen LogP contribution is -2.41. The van der Waals surface area contributed by atoms with Crippen LogP contribution in [0.2, 0.25) is 0 Å². The van der Waals surface area contributed by atoms with Gasteiger partial charge in [-0.3, -0.25) is 0 Å². The molecule has 1 unspecified atom stereocenters.